The van der Waals surface area contributed by atoms with Crippen molar-refractivity contribution in [1.82, 2.24) is 14.1 Å². The number of fused-ring (bicyclic) bond motifs is 2. The van der Waals surface area contributed by atoms with E-state index in [1.165, 1.54) is 127 Å². The molecule has 2 aromatic carbocycles. The van der Waals surface area contributed by atoms with Crippen LogP contribution in [0.15, 0.2) is 18.2 Å². The molecule has 0 fully saturated rings. The number of nitrogens with zero attached hydrogens (tertiary/aromatic N) is 5. The van der Waals surface area contributed by atoms with Gasteiger partial charge in [0.25, 0.3) is 0 Å². The Kier molecular flexibility index (Phi) is 14.4. The van der Waals surface area contributed by atoms with E-state index < -0.39 is 0 Å². The van der Waals surface area contributed by atoms with E-state index in [0.29, 0.717) is 0 Å². The van der Waals surface area contributed by atoms with Gasteiger partial charge < -0.3 is 9.80 Å². The number of anilines is 2. The van der Waals surface area contributed by atoms with E-state index in [4.69, 9.17) is 4.98 Å². The lowest BCUT2D eigenvalue weighted by molar-refractivity contribution is 0.537. The van der Waals surface area contributed by atoms with Crippen molar-refractivity contribution in [2.24, 2.45) is 0 Å². The molecule has 6 heteroatoms. The Bertz CT molecular complexity index is 1510. The topological polar surface area (TPSA) is 25.4 Å². The average Bonchev–Trinajstić information content (AvgIpc) is 2.96. The number of unbranched alkanes of at least 4 members (excludes halogenated alkanes) is 14. The Morgan fingerprint density at radius 1 is 0.698 bits per heavy atom. The third-order valence-electron chi connectivity index (χ3n) is 8.54. The minimum Gasteiger partial charge on any atom is -0.375 e. The molecule has 0 unspecified atom stereocenters. The van der Waals surface area contributed by atoms with Gasteiger partial charge in [-0.2, -0.15) is 0 Å². The molecule has 0 aliphatic carbocycles. The molecule has 5 nitrogen and oxygen atoms in total. The van der Waals surface area contributed by atoms with Gasteiger partial charge in [0.2, 0.25) is 10.7 Å². The quantitative estimate of drug-likeness (QED) is 0.0937. The van der Waals surface area contributed by atoms with Crippen molar-refractivity contribution in [2.75, 3.05) is 66.2 Å². The third-order valence-corrected chi connectivity index (χ3v) is 9.68. The molecule has 0 bridgehead atoms. The van der Waals surface area contributed by atoms with E-state index in [9.17, 15) is 0 Å². The largest absolute Gasteiger partial charge is 0.375 e. The maximum absolute atomic E-state index is 5.31. The molecule has 1 heterocycles. The van der Waals surface area contributed by atoms with Crippen molar-refractivity contribution in [3.63, 3.8) is 0 Å². The first-order valence-corrected chi connectivity index (χ1v) is 17.8. The molecule has 3 rings (SSSR count). The lowest BCUT2D eigenvalue weighted by atomic mass is 10.0. The van der Waals surface area contributed by atoms with Crippen molar-refractivity contribution < 1.29 is 0 Å². The standard InChI is InChI=1S/C37H61N5S/c1-10-11-12-13-14-15-16-17-18-19-20-21-22-23-24-25-30-34(40(4)5)33-37(36(42(8)9)35(30)41(6)7)43-32-28-29(39(2)3)26-27-31(32)38-33/h25-28H,10-24H2,1-9H3/q+2. The van der Waals surface area contributed by atoms with Crippen LogP contribution in [0.3, 0.4) is 0 Å². The first-order chi connectivity index (χ1) is 20.7. The Morgan fingerprint density at radius 2 is 1.23 bits per heavy atom. The lowest BCUT2D eigenvalue weighted by Crippen LogP contribution is -2.41. The van der Waals surface area contributed by atoms with Crippen LogP contribution in [-0.2, 0) is 0 Å². The number of rotatable bonds is 17. The molecule has 0 amide bonds. The summed E-state index contributed by atoms with van der Waals surface area (Å²) in [6, 6.07) is 6.62. The minimum atomic E-state index is 1.06. The molecule has 3 aromatic rings. The summed E-state index contributed by atoms with van der Waals surface area (Å²) in [7, 11) is 17.2. The monoisotopic (exact) mass is 607 g/mol. The molecule has 0 radical (unpaired) electrons. The molecule has 0 N–H and O–H groups in total. The van der Waals surface area contributed by atoms with Gasteiger partial charge in [-0.1, -0.05) is 96.5 Å². The van der Waals surface area contributed by atoms with E-state index in [-0.39, 0.29) is 0 Å². The highest BCUT2D eigenvalue weighted by atomic mass is 32.1. The highest BCUT2D eigenvalue weighted by Crippen LogP contribution is 2.35. The fourth-order valence-corrected chi connectivity index (χ4v) is 7.41. The molecular formula is C37H61N5S+2. The van der Waals surface area contributed by atoms with E-state index in [2.05, 4.69) is 107 Å². The van der Waals surface area contributed by atoms with Crippen LogP contribution in [0, 0.1) is 0 Å². The van der Waals surface area contributed by atoms with Gasteiger partial charge in [0.15, 0.2) is 5.52 Å². The maximum atomic E-state index is 5.31. The van der Waals surface area contributed by atoms with Crippen molar-refractivity contribution in [1.29, 1.82) is 0 Å². The first kappa shape index (κ1) is 35.0. The Morgan fingerprint density at radius 3 is 1.72 bits per heavy atom. The SMILES string of the molecule is CCCCCCCCCCCCCCCCC=c1c(N(C)C)c(N(C)C)c2sc3cc(=[N+](C)C)ccc3nc2c1=[N+](C)C. The van der Waals surface area contributed by atoms with Crippen LogP contribution >= 0.6 is 11.3 Å². The van der Waals surface area contributed by atoms with Gasteiger partial charge >= 0.3 is 0 Å². The van der Waals surface area contributed by atoms with Gasteiger partial charge in [-0.15, -0.1) is 11.3 Å². The zero-order valence-electron chi connectivity index (χ0n) is 29.1. The molecule has 238 valence electrons. The summed E-state index contributed by atoms with van der Waals surface area (Å²) in [5.41, 5.74) is 4.70. The second-order valence-electron chi connectivity index (χ2n) is 13.2. The molecule has 0 saturated carbocycles. The maximum Gasteiger partial charge on any atom is 0.236 e. The van der Waals surface area contributed by atoms with Crippen LogP contribution in [0.1, 0.15) is 103 Å². The molecule has 0 aliphatic heterocycles. The molecule has 0 saturated heterocycles. The Hall–Kier alpha value is -2.47. The van der Waals surface area contributed by atoms with Crippen LogP contribution in [0.25, 0.3) is 26.5 Å². The normalized spacial score (nSPS) is 12.0. The van der Waals surface area contributed by atoms with Crippen LogP contribution in [-0.4, -0.2) is 61.4 Å². The second kappa shape index (κ2) is 17.7. The molecule has 1 aromatic heterocycles. The van der Waals surface area contributed by atoms with Gasteiger partial charge in [-0.3, -0.25) is 0 Å². The summed E-state index contributed by atoms with van der Waals surface area (Å²) in [5.74, 6) is 0. The fourth-order valence-electron chi connectivity index (χ4n) is 6.18. The van der Waals surface area contributed by atoms with E-state index >= 15 is 0 Å². The van der Waals surface area contributed by atoms with Gasteiger partial charge in [-0.25, -0.2) is 14.1 Å². The van der Waals surface area contributed by atoms with Crippen molar-refractivity contribution in [3.8, 4) is 0 Å². The van der Waals surface area contributed by atoms with Gasteiger partial charge in [-0.05, 0) is 18.9 Å². The minimum absolute atomic E-state index is 1.06. The summed E-state index contributed by atoms with van der Waals surface area (Å²) in [4.78, 5) is 9.89. The smallest absolute Gasteiger partial charge is 0.236 e. The Labute approximate surface area is 266 Å². The van der Waals surface area contributed by atoms with Crippen LogP contribution in [0.4, 0.5) is 11.4 Å². The summed E-state index contributed by atoms with van der Waals surface area (Å²) < 4.78 is 6.89. The summed E-state index contributed by atoms with van der Waals surface area (Å²) in [6.07, 6.45) is 23.1. The first-order valence-electron chi connectivity index (χ1n) is 17.0. The highest BCUT2D eigenvalue weighted by Gasteiger charge is 2.22. The third kappa shape index (κ3) is 9.76. The fraction of sp³-hybridized carbons (Fsp3) is 0.649. The van der Waals surface area contributed by atoms with Crippen molar-refractivity contribution in [2.45, 2.75) is 103 Å². The van der Waals surface area contributed by atoms with E-state index in [0.717, 1.165) is 17.5 Å². The predicted molar refractivity (Wildman–Crippen MR) is 195 cm³/mol. The Balaban J connectivity index is 1.77. The molecule has 0 atom stereocenters. The van der Waals surface area contributed by atoms with Crippen LogP contribution in [0.5, 0.6) is 0 Å². The predicted octanol–water partition coefficient (Wildman–Crippen LogP) is 7.02. The van der Waals surface area contributed by atoms with Crippen molar-refractivity contribution in [3.05, 3.63) is 34.1 Å². The lowest BCUT2D eigenvalue weighted by Gasteiger charge is -2.24. The highest BCUT2D eigenvalue weighted by molar-refractivity contribution is 7.25. The molecule has 43 heavy (non-hydrogen) atoms. The molecule has 0 aliphatic rings. The van der Waals surface area contributed by atoms with Gasteiger partial charge in [0.05, 0.1) is 31.5 Å². The van der Waals surface area contributed by atoms with E-state index in [1.54, 1.807) is 0 Å². The number of benzene rings is 2. The number of aromatic nitrogens is 1. The second-order valence-corrected chi connectivity index (χ2v) is 14.2. The van der Waals surface area contributed by atoms with Crippen LogP contribution < -0.4 is 34.9 Å². The van der Waals surface area contributed by atoms with Crippen molar-refractivity contribution >= 4 is 49.2 Å². The zero-order chi connectivity index (χ0) is 31.4. The van der Waals surface area contributed by atoms with E-state index in [1.807, 2.05) is 11.3 Å². The average molecular weight is 608 g/mol. The number of hydrogen-bond donors (Lipinski definition) is 0. The van der Waals surface area contributed by atoms with Crippen LogP contribution in [0.2, 0.25) is 0 Å². The summed E-state index contributed by atoms with van der Waals surface area (Å²) in [6.45, 7) is 2.30. The van der Waals surface area contributed by atoms with Gasteiger partial charge in [0.1, 0.15) is 28.2 Å². The summed E-state index contributed by atoms with van der Waals surface area (Å²) in [5, 5.41) is 3.74. The summed E-state index contributed by atoms with van der Waals surface area (Å²) >= 11 is 1.86. The molecule has 0 spiro atoms. The number of hydrogen-bond acceptors (Lipinski definition) is 4. The zero-order valence-corrected chi connectivity index (χ0v) is 29.9. The molecular weight excluding hydrogens is 547 g/mol. The van der Waals surface area contributed by atoms with Gasteiger partial charge in [0, 0.05) is 40.3 Å².